The van der Waals surface area contributed by atoms with Gasteiger partial charge in [0.2, 0.25) is 0 Å². The molecule has 0 saturated heterocycles. The fourth-order valence-corrected chi connectivity index (χ4v) is 1.05. The number of hydrogen-bond donors (Lipinski definition) is 1. The largest absolute Gasteiger partial charge is 0.382 e. The number of pyridine rings is 1. The topological polar surface area (TPSA) is 24.9 Å². The second kappa shape index (κ2) is 4.31. The summed E-state index contributed by atoms with van der Waals surface area (Å²) in [5.74, 6) is 0. The molecule has 1 N–H and O–H groups in total. The summed E-state index contributed by atoms with van der Waals surface area (Å²) in [5, 5.41) is 3.84. The van der Waals surface area contributed by atoms with Crippen LogP contribution in [-0.2, 0) is 0 Å². The van der Waals surface area contributed by atoms with Gasteiger partial charge in [-0.3, -0.25) is 0 Å². The Labute approximate surface area is 78.0 Å². The molecule has 2 nitrogen and oxygen atoms in total. The van der Waals surface area contributed by atoms with Gasteiger partial charge in [0.25, 0.3) is 0 Å². The van der Waals surface area contributed by atoms with Gasteiger partial charge in [0.15, 0.2) is 0 Å². The van der Waals surface area contributed by atoms with E-state index in [0.29, 0.717) is 11.2 Å². The summed E-state index contributed by atoms with van der Waals surface area (Å²) in [4.78, 5) is 3.90. The molecule has 1 atom stereocenters. The summed E-state index contributed by atoms with van der Waals surface area (Å²) in [5.41, 5.74) is 1.03. The minimum Gasteiger partial charge on any atom is -0.382 e. The van der Waals surface area contributed by atoms with Crippen LogP contribution >= 0.6 is 11.6 Å². The van der Waals surface area contributed by atoms with Gasteiger partial charge in [-0.05, 0) is 25.5 Å². The quantitative estimate of drug-likeness (QED) is 0.731. The van der Waals surface area contributed by atoms with Crippen molar-refractivity contribution in [3.05, 3.63) is 23.5 Å². The fourth-order valence-electron chi connectivity index (χ4n) is 0.879. The molecular weight excluding hydrogens is 172 g/mol. The van der Waals surface area contributed by atoms with Crippen LogP contribution in [0.5, 0.6) is 0 Å². The predicted molar refractivity (Wildman–Crippen MR) is 52.6 cm³/mol. The molecule has 0 aromatic carbocycles. The van der Waals surface area contributed by atoms with Crippen molar-refractivity contribution in [1.29, 1.82) is 0 Å². The van der Waals surface area contributed by atoms with Crippen LogP contribution in [0.4, 0.5) is 5.69 Å². The van der Waals surface area contributed by atoms with E-state index in [1.54, 1.807) is 6.20 Å². The predicted octanol–water partition coefficient (Wildman–Crippen LogP) is 2.95. The molecule has 1 aromatic heterocycles. The van der Waals surface area contributed by atoms with Crippen molar-refractivity contribution >= 4 is 17.3 Å². The highest BCUT2D eigenvalue weighted by atomic mass is 35.5. The molecule has 0 radical (unpaired) electrons. The van der Waals surface area contributed by atoms with Crippen LogP contribution < -0.4 is 5.32 Å². The van der Waals surface area contributed by atoms with E-state index in [4.69, 9.17) is 11.6 Å². The van der Waals surface area contributed by atoms with Crippen molar-refractivity contribution < 1.29 is 0 Å². The maximum Gasteiger partial charge on any atom is 0.131 e. The van der Waals surface area contributed by atoms with Gasteiger partial charge in [-0.2, -0.15) is 0 Å². The van der Waals surface area contributed by atoms with Gasteiger partial charge in [0.05, 0.1) is 0 Å². The molecule has 12 heavy (non-hydrogen) atoms. The molecule has 0 unspecified atom stereocenters. The third-order valence-corrected chi connectivity index (χ3v) is 1.96. The molecule has 1 aromatic rings. The van der Waals surface area contributed by atoms with Crippen LogP contribution in [0.25, 0.3) is 0 Å². The van der Waals surface area contributed by atoms with Gasteiger partial charge < -0.3 is 5.32 Å². The Bertz CT molecular complexity index is 250. The molecule has 1 heterocycles. The van der Waals surface area contributed by atoms with Crippen molar-refractivity contribution in [1.82, 2.24) is 4.98 Å². The lowest BCUT2D eigenvalue weighted by Gasteiger charge is -2.12. The number of halogens is 1. The zero-order chi connectivity index (χ0) is 8.97. The summed E-state index contributed by atoms with van der Waals surface area (Å²) >= 11 is 5.72. The highest BCUT2D eigenvalue weighted by Gasteiger charge is 1.98. The number of aromatic nitrogens is 1. The number of nitrogens with zero attached hydrogens (tertiary/aromatic N) is 1. The van der Waals surface area contributed by atoms with Crippen molar-refractivity contribution in [2.45, 2.75) is 26.3 Å². The van der Waals surface area contributed by atoms with E-state index in [9.17, 15) is 0 Å². The Morgan fingerprint density at radius 3 is 3.00 bits per heavy atom. The van der Waals surface area contributed by atoms with Crippen LogP contribution in [0.2, 0.25) is 5.15 Å². The van der Waals surface area contributed by atoms with E-state index in [-0.39, 0.29) is 0 Å². The molecule has 0 aliphatic rings. The van der Waals surface area contributed by atoms with Crippen molar-refractivity contribution in [3.63, 3.8) is 0 Å². The molecule has 0 bridgehead atoms. The SMILES string of the molecule is CC[C@@H](C)Nc1ccnc(Cl)c1. The number of hydrogen-bond acceptors (Lipinski definition) is 2. The maximum atomic E-state index is 5.72. The first kappa shape index (κ1) is 9.33. The molecule has 0 amide bonds. The highest BCUT2D eigenvalue weighted by Crippen LogP contribution is 2.13. The number of rotatable bonds is 3. The highest BCUT2D eigenvalue weighted by molar-refractivity contribution is 6.29. The molecule has 0 aliphatic carbocycles. The third-order valence-electron chi connectivity index (χ3n) is 1.75. The zero-order valence-corrected chi connectivity index (χ0v) is 8.10. The molecule has 3 heteroatoms. The van der Waals surface area contributed by atoms with Crippen LogP contribution in [0.15, 0.2) is 18.3 Å². The molecule has 0 fully saturated rings. The lowest BCUT2D eigenvalue weighted by Crippen LogP contribution is -2.13. The molecule has 0 aliphatic heterocycles. The van der Waals surface area contributed by atoms with Gasteiger partial charge in [-0.15, -0.1) is 0 Å². The van der Waals surface area contributed by atoms with Gasteiger partial charge in [-0.25, -0.2) is 4.98 Å². The van der Waals surface area contributed by atoms with Gasteiger partial charge >= 0.3 is 0 Å². The Morgan fingerprint density at radius 2 is 2.42 bits per heavy atom. The summed E-state index contributed by atoms with van der Waals surface area (Å²) in [6.07, 6.45) is 2.80. The monoisotopic (exact) mass is 184 g/mol. The molecule has 66 valence electrons. The standard InChI is InChI=1S/C9H13ClN2/c1-3-7(2)12-8-4-5-11-9(10)6-8/h4-7H,3H2,1-2H3,(H,11,12)/t7-/m1/s1. The van der Waals surface area contributed by atoms with Crippen LogP contribution in [0, 0.1) is 0 Å². The lowest BCUT2D eigenvalue weighted by molar-refractivity contribution is 0.764. The van der Waals surface area contributed by atoms with Crippen LogP contribution in [0.3, 0.4) is 0 Å². The summed E-state index contributed by atoms with van der Waals surface area (Å²) < 4.78 is 0. The van der Waals surface area contributed by atoms with Gasteiger partial charge in [0.1, 0.15) is 5.15 Å². The Morgan fingerprint density at radius 1 is 1.67 bits per heavy atom. The number of nitrogens with one attached hydrogen (secondary N) is 1. The molecule has 1 rings (SSSR count). The molecular formula is C9H13ClN2. The van der Waals surface area contributed by atoms with Crippen LogP contribution in [0.1, 0.15) is 20.3 Å². The van der Waals surface area contributed by atoms with E-state index in [1.807, 2.05) is 12.1 Å². The average molecular weight is 185 g/mol. The first-order valence-electron chi connectivity index (χ1n) is 4.10. The van der Waals surface area contributed by atoms with E-state index in [1.165, 1.54) is 0 Å². The smallest absolute Gasteiger partial charge is 0.131 e. The molecule has 0 spiro atoms. The summed E-state index contributed by atoms with van der Waals surface area (Å²) in [6.45, 7) is 4.27. The van der Waals surface area contributed by atoms with Crippen molar-refractivity contribution in [2.24, 2.45) is 0 Å². The maximum absolute atomic E-state index is 5.72. The lowest BCUT2D eigenvalue weighted by atomic mass is 10.2. The number of anilines is 1. The first-order chi connectivity index (χ1) is 5.72. The van der Waals surface area contributed by atoms with E-state index in [2.05, 4.69) is 24.1 Å². The van der Waals surface area contributed by atoms with Crippen LogP contribution in [-0.4, -0.2) is 11.0 Å². The van der Waals surface area contributed by atoms with E-state index in [0.717, 1.165) is 12.1 Å². The molecule has 0 saturated carbocycles. The first-order valence-corrected chi connectivity index (χ1v) is 4.48. The Hall–Kier alpha value is -0.760. The van der Waals surface area contributed by atoms with Gasteiger partial charge in [-0.1, -0.05) is 18.5 Å². The Balaban J connectivity index is 2.63. The summed E-state index contributed by atoms with van der Waals surface area (Å²) in [6, 6.07) is 4.22. The fraction of sp³-hybridized carbons (Fsp3) is 0.444. The minimum atomic E-state index is 0.475. The summed E-state index contributed by atoms with van der Waals surface area (Å²) in [7, 11) is 0. The second-order valence-electron chi connectivity index (χ2n) is 2.82. The van der Waals surface area contributed by atoms with Crippen molar-refractivity contribution in [3.8, 4) is 0 Å². The Kier molecular flexibility index (Phi) is 3.35. The zero-order valence-electron chi connectivity index (χ0n) is 7.34. The van der Waals surface area contributed by atoms with E-state index < -0.39 is 0 Å². The van der Waals surface area contributed by atoms with Crippen molar-refractivity contribution in [2.75, 3.05) is 5.32 Å². The van der Waals surface area contributed by atoms with Gasteiger partial charge in [0, 0.05) is 17.9 Å². The average Bonchev–Trinajstić information content (AvgIpc) is 2.04. The normalized spacial score (nSPS) is 12.6. The second-order valence-corrected chi connectivity index (χ2v) is 3.21. The van der Waals surface area contributed by atoms with E-state index >= 15 is 0 Å². The minimum absolute atomic E-state index is 0.475. The third kappa shape index (κ3) is 2.70.